The Morgan fingerprint density at radius 1 is 1.19 bits per heavy atom. The summed E-state index contributed by atoms with van der Waals surface area (Å²) < 4.78 is 0. The number of carbonyl (C=O) groups is 1. The maximum Gasteiger partial charge on any atom is 0.152 e. The van der Waals surface area contributed by atoms with Crippen LogP contribution in [0, 0.1) is 13.8 Å². The average Bonchev–Trinajstić information content (AvgIpc) is 2.96. The number of aromatic nitrogens is 1. The van der Waals surface area contributed by atoms with Crippen LogP contribution < -0.4 is 0 Å². The highest BCUT2D eigenvalue weighted by molar-refractivity contribution is 7.12. The molecule has 2 aromatic heterocycles. The molecule has 0 fully saturated rings. The van der Waals surface area contributed by atoms with Crippen molar-refractivity contribution in [3.8, 4) is 11.3 Å². The van der Waals surface area contributed by atoms with Gasteiger partial charge in [-0.3, -0.25) is 4.79 Å². The zero-order valence-electron chi connectivity index (χ0n) is 12.8. The van der Waals surface area contributed by atoms with Crippen molar-refractivity contribution < 1.29 is 4.79 Å². The van der Waals surface area contributed by atoms with Crippen LogP contribution in [-0.4, -0.2) is 11.3 Å². The van der Waals surface area contributed by atoms with Crippen molar-refractivity contribution in [2.24, 2.45) is 0 Å². The number of rotatable bonds is 3. The number of aryl methyl sites for hydroxylation is 2. The molecule has 21 heavy (non-hydrogen) atoms. The summed E-state index contributed by atoms with van der Waals surface area (Å²) in [4.78, 5) is 17.6. The Kier molecular flexibility index (Phi) is 3.46. The van der Waals surface area contributed by atoms with Gasteiger partial charge in [0, 0.05) is 31.8 Å². The third-order valence-corrected chi connectivity index (χ3v) is 4.92. The number of aldehydes is 1. The number of H-pyrrole nitrogens is 1. The van der Waals surface area contributed by atoms with Gasteiger partial charge in [0.15, 0.2) is 6.29 Å². The first-order valence-electron chi connectivity index (χ1n) is 7.19. The summed E-state index contributed by atoms with van der Waals surface area (Å²) in [6, 6.07) is 8.50. The minimum absolute atomic E-state index is 0.456. The largest absolute Gasteiger partial charge is 0.354 e. The molecule has 3 rings (SSSR count). The van der Waals surface area contributed by atoms with E-state index in [-0.39, 0.29) is 0 Å². The molecule has 0 saturated heterocycles. The molecule has 0 atom stereocenters. The number of benzene rings is 1. The molecule has 0 aliphatic rings. The van der Waals surface area contributed by atoms with Crippen molar-refractivity contribution in [3.63, 3.8) is 0 Å². The maximum atomic E-state index is 11.7. The third-order valence-electron chi connectivity index (χ3n) is 3.96. The number of hydrogen-bond donors (Lipinski definition) is 1. The molecule has 3 aromatic rings. The number of nitrogens with one attached hydrogen (secondary N) is 1. The predicted octanol–water partition coefficient (Wildman–Crippen LogP) is 5.45. The smallest absolute Gasteiger partial charge is 0.152 e. The van der Waals surface area contributed by atoms with E-state index in [0.29, 0.717) is 5.92 Å². The van der Waals surface area contributed by atoms with Crippen LogP contribution in [0.25, 0.3) is 22.2 Å². The second-order valence-corrected chi connectivity index (χ2v) is 7.28. The number of thiophene rings is 1. The lowest BCUT2D eigenvalue weighted by Gasteiger charge is -2.04. The Labute approximate surface area is 128 Å². The quantitative estimate of drug-likeness (QED) is 0.641. The van der Waals surface area contributed by atoms with Gasteiger partial charge in [0.25, 0.3) is 0 Å². The molecule has 0 radical (unpaired) electrons. The van der Waals surface area contributed by atoms with Gasteiger partial charge in [0.2, 0.25) is 0 Å². The van der Waals surface area contributed by atoms with Crippen molar-refractivity contribution >= 4 is 28.5 Å². The van der Waals surface area contributed by atoms with Crippen molar-refractivity contribution in [2.45, 2.75) is 33.6 Å². The lowest BCUT2D eigenvalue weighted by Crippen LogP contribution is -1.87. The summed E-state index contributed by atoms with van der Waals surface area (Å²) in [5, 5.41) is 1.02. The number of hydrogen-bond acceptors (Lipinski definition) is 2. The van der Waals surface area contributed by atoms with Crippen LogP contribution in [0.5, 0.6) is 0 Å². The molecule has 3 heteroatoms. The standard InChI is InChI=1S/C18H19NOS/c1-10(2)13-5-6-17-15(8-13)16(9-20)18(19-17)14-7-11(3)21-12(14)4/h5-10,19H,1-4H3. The monoisotopic (exact) mass is 297 g/mol. The lowest BCUT2D eigenvalue weighted by atomic mass is 9.99. The fourth-order valence-electron chi connectivity index (χ4n) is 2.80. The fourth-order valence-corrected chi connectivity index (χ4v) is 3.73. The van der Waals surface area contributed by atoms with Gasteiger partial charge < -0.3 is 4.98 Å². The van der Waals surface area contributed by atoms with Gasteiger partial charge in [-0.2, -0.15) is 0 Å². The SMILES string of the molecule is Cc1cc(-c2[nH]c3ccc(C(C)C)cc3c2C=O)c(C)s1. The van der Waals surface area contributed by atoms with Crippen LogP contribution in [0.4, 0.5) is 0 Å². The first-order valence-corrected chi connectivity index (χ1v) is 8.01. The molecule has 0 saturated carbocycles. The maximum absolute atomic E-state index is 11.7. The molecule has 0 bridgehead atoms. The molecular weight excluding hydrogens is 278 g/mol. The Bertz CT molecular complexity index is 823. The predicted molar refractivity (Wildman–Crippen MR) is 90.6 cm³/mol. The van der Waals surface area contributed by atoms with Crippen molar-refractivity contribution in [1.29, 1.82) is 0 Å². The summed E-state index contributed by atoms with van der Waals surface area (Å²) in [5.41, 5.74) is 5.15. The molecule has 0 amide bonds. The molecule has 0 spiro atoms. The van der Waals surface area contributed by atoms with Crippen LogP contribution in [-0.2, 0) is 0 Å². The highest BCUT2D eigenvalue weighted by atomic mass is 32.1. The van der Waals surface area contributed by atoms with E-state index in [1.165, 1.54) is 15.3 Å². The topological polar surface area (TPSA) is 32.9 Å². The van der Waals surface area contributed by atoms with Crippen molar-refractivity contribution in [2.75, 3.05) is 0 Å². The molecule has 0 aliphatic heterocycles. The molecule has 108 valence electrons. The van der Waals surface area contributed by atoms with E-state index in [1.54, 1.807) is 11.3 Å². The van der Waals surface area contributed by atoms with Crippen LogP contribution >= 0.6 is 11.3 Å². The Balaban J connectivity index is 2.29. The van der Waals surface area contributed by atoms with E-state index in [9.17, 15) is 4.79 Å². The molecule has 1 N–H and O–H groups in total. The van der Waals surface area contributed by atoms with Gasteiger partial charge in [-0.1, -0.05) is 19.9 Å². The van der Waals surface area contributed by atoms with Crippen molar-refractivity contribution in [1.82, 2.24) is 4.98 Å². The first-order chi connectivity index (χ1) is 10.0. The second-order valence-electron chi connectivity index (χ2n) is 5.82. The average molecular weight is 297 g/mol. The minimum Gasteiger partial charge on any atom is -0.354 e. The van der Waals surface area contributed by atoms with E-state index in [0.717, 1.165) is 34.0 Å². The van der Waals surface area contributed by atoms with Gasteiger partial charge in [0.05, 0.1) is 5.69 Å². The van der Waals surface area contributed by atoms with Gasteiger partial charge in [-0.15, -0.1) is 11.3 Å². The number of carbonyl (C=O) groups excluding carboxylic acids is 1. The third kappa shape index (κ3) is 2.32. The van der Waals surface area contributed by atoms with Crippen LogP contribution in [0.1, 0.15) is 45.4 Å². The number of aromatic amines is 1. The highest BCUT2D eigenvalue weighted by Gasteiger charge is 2.16. The van der Waals surface area contributed by atoms with E-state index in [2.05, 4.69) is 56.9 Å². The molecule has 0 unspecified atom stereocenters. The summed E-state index contributed by atoms with van der Waals surface area (Å²) in [5.74, 6) is 0.456. The second kappa shape index (κ2) is 5.15. The highest BCUT2D eigenvalue weighted by Crippen LogP contribution is 2.35. The van der Waals surface area contributed by atoms with Crippen molar-refractivity contribution in [3.05, 3.63) is 45.1 Å². The van der Waals surface area contributed by atoms with Crippen LogP contribution in [0.2, 0.25) is 0 Å². The fraction of sp³-hybridized carbons (Fsp3) is 0.278. The molecular formula is C18H19NOS. The van der Waals surface area contributed by atoms with Gasteiger partial charge >= 0.3 is 0 Å². The normalized spacial score (nSPS) is 11.5. The van der Waals surface area contributed by atoms with Gasteiger partial charge in [-0.05, 0) is 43.5 Å². The minimum atomic E-state index is 0.456. The summed E-state index contributed by atoms with van der Waals surface area (Å²) in [6.07, 6.45) is 0.977. The lowest BCUT2D eigenvalue weighted by molar-refractivity contribution is 0.112. The van der Waals surface area contributed by atoms with Crippen LogP contribution in [0.3, 0.4) is 0 Å². The van der Waals surface area contributed by atoms with E-state index in [4.69, 9.17) is 0 Å². The first kappa shape index (κ1) is 14.1. The molecule has 0 aliphatic carbocycles. The van der Waals surface area contributed by atoms with Gasteiger partial charge in [-0.25, -0.2) is 0 Å². The Morgan fingerprint density at radius 3 is 2.52 bits per heavy atom. The summed E-state index contributed by atoms with van der Waals surface area (Å²) in [6.45, 7) is 8.54. The Morgan fingerprint density at radius 2 is 1.95 bits per heavy atom. The zero-order chi connectivity index (χ0) is 15.1. The number of fused-ring (bicyclic) bond motifs is 1. The van der Waals surface area contributed by atoms with E-state index in [1.807, 2.05) is 0 Å². The molecule has 2 nitrogen and oxygen atoms in total. The van der Waals surface area contributed by atoms with Crippen LogP contribution in [0.15, 0.2) is 24.3 Å². The molecule has 2 heterocycles. The van der Waals surface area contributed by atoms with E-state index < -0.39 is 0 Å². The summed E-state index contributed by atoms with van der Waals surface area (Å²) >= 11 is 1.77. The zero-order valence-corrected chi connectivity index (χ0v) is 13.6. The Hall–Kier alpha value is -1.87. The summed E-state index contributed by atoms with van der Waals surface area (Å²) in [7, 11) is 0. The van der Waals surface area contributed by atoms with Gasteiger partial charge in [0.1, 0.15) is 0 Å². The molecule has 1 aromatic carbocycles. The van der Waals surface area contributed by atoms with E-state index >= 15 is 0 Å².